The van der Waals surface area contributed by atoms with Crippen LogP contribution in [-0.4, -0.2) is 66.5 Å². The standard InChI is InChI=1S/C16H21N3O2S2/c1-21-14-5-3-2-4-13(14)18-7-9-19(10-8-18)15(20)12-23-16-17-6-11-22-16/h2-5H,6-12H2,1H3. The first-order valence-corrected chi connectivity index (χ1v) is 9.71. The van der Waals surface area contributed by atoms with Crippen molar-refractivity contribution in [3.05, 3.63) is 24.3 Å². The first-order valence-electron chi connectivity index (χ1n) is 7.73. The van der Waals surface area contributed by atoms with Gasteiger partial charge in [-0.05, 0) is 12.1 Å². The number of benzene rings is 1. The van der Waals surface area contributed by atoms with Crippen molar-refractivity contribution in [1.82, 2.24) is 4.90 Å². The number of hydrogen-bond donors (Lipinski definition) is 0. The highest BCUT2D eigenvalue weighted by molar-refractivity contribution is 8.39. The Labute approximate surface area is 145 Å². The van der Waals surface area contributed by atoms with Crippen molar-refractivity contribution in [3.8, 4) is 5.75 Å². The van der Waals surface area contributed by atoms with Crippen molar-refractivity contribution in [2.24, 2.45) is 4.99 Å². The van der Waals surface area contributed by atoms with E-state index >= 15 is 0 Å². The van der Waals surface area contributed by atoms with E-state index in [1.807, 2.05) is 23.1 Å². The Morgan fingerprint density at radius 1 is 1.30 bits per heavy atom. The second-order valence-corrected chi connectivity index (χ2v) is 7.63. The third-order valence-corrected chi connectivity index (χ3v) is 6.17. The summed E-state index contributed by atoms with van der Waals surface area (Å²) >= 11 is 3.33. The number of nitrogens with zero attached hydrogens (tertiary/aromatic N) is 3. The molecule has 0 unspecified atom stereocenters. The fraction of sp³-hybridized carbons (Fsp3) is 0.500. The number of rotatable bonds is 4. The second kappa shape index (κ2) is 7.97. The third kappa shape index (κ3) is 4.14. The molecule has 0 aliphatic carbocycles. The summed E-state index contributed by atoms with van der Waals surface area (Å²) in [6.45, 7) is 4.09. The minimum atomic E-state index is 0.213. The van der Waals surface area contributed by atoms with Gasteiger partial charge in [0, 0.05) is 31.9 Å². The maximum Gasteiger partial charge on any atom is 0.233 e. The molecule has 0 aromatic heterocycles. The Bertz CT molecular complexity index is 586. The number of para-hydroxylation sites is 2. The summed E-state index contributed by atoms with van der Waals surface area (Å²) in [7, 11) is 1.69. The summed E-state index contributed by atoms with van der Waals surface area (Å²) < 4.78 is 6.49. The molecule has 0 radical (unpaired) electrons. The highest BCUT2D eigenvalue weighted by Gasteiger charge is 2.23. The number of carbonyl (C=O) groups excluding carboxylic acids is 1. The fourth-order valence-electron chi connectivity index (χ4n) is 2.71. The lowest BCUT2D eigenvalue weighted by Gasteiger charge is -2.36. The molecule has 5 nitrogen and oxygen atoms in total. The van der Waals surface area contributed by atoms with Crippen LogP contribution < -0.4 is 9.64 Å². The maximum atomic E-state index is 12.3. The van der Waals surface area contributed by atoms with E-state index in [4.69, 9.17) is 4.74 Å². The van der Waals surface area contributed by atoms with Crippen molar-refractivity contribution < 1.29 is 9.53 Å². The normalized spacial score (nSPS) is 18.0. The topological polar surface area (TPSA) is 45.1 Å². The van der Waals surface area contributed by atoms with Crippen molar-refractivity contribution in [1.29, 1.82) is 0 Å². The zero-order valence-corrected chi connectivity index (χ0v) is 14.9. The van der Waals surface area contributed by atoms with Crippen molar-refractivity contribution in [2.75, 3.05) is 56.2 Å². The number of carbonyl (C=O) groups is 1. The molecule has 2 heterocycles. The van der Waals surface area contributed by atoms with E-state index in [-0.39, 0.29) is 5.91 Å². The molecule has 2 aliphatic heterocycles. The van der Waals surface area contributed by atoms with Gasteiger partial charge in [0.1, 0.15) is 10.1 Å². The van der Waals surface area contributed by atoms with Crippen LogP contribution in [-0.2, 0) is 4.79 Å². The smallest absolute Gasteiger partial charge is 0.233 e. The van der Waals surface area contributed by atoms with Gasteiger partial charge in [0.25, 0.3) is 0 Å². The van der Waals surface area contributed by atoms with Crippen LogP contribution in [0.1, 0.15) is 0 Å². The van der Waals surface area contributed by atoms with Gasteiger partial charge in [0.2, 0.25) is 5.91 Å². The highest BCUT2D eigenvalue weighted by atomic mass is 32.2. The Morgan fingerprint density at radius 2 is 2.09 bits per heavy atom. The SMILES string of the molecule is COc1ccccc1N1CCN(C(=O)CSC2=NCCS2)CC1. The quantitative estimate of drug-likeness (QED) is 0.832. The molecular weight excluding hydrogens is 330 g/mol. The van der Waals surface area contributed by atoms with Crippen molar-refractivity contribution in [3.63, 3.8) is 0 Å². The van der Waals surface area contributed by atoms with E-state index in [9.17, 15) is 4.79 Å². The van der Waals surface area contributed by atoms with E-state index in [1.54, 1.807) is 30.6 Å². The predicted molar refractivity (Wildman–Crippen MR) is 99.0 cm³/mol. The lowest BCUT2D eigenvalue weighted by Crippen LogP contribution is -2.49. The summed E-state index contributed by atoms with van der Waals surface area (Å²) in [6, 6.07) is 8.04. The average Bonchev–Trinajstić information content (AvgIpc) is 3.13. The van der Waals surface area contributed by atoms with Crippen LogP contribution >= 0.6 is 23.5 Å². The first kappa shape index (κ1) is 16.5. The highest BCUT2D eigenvalue weighted by Crippen LogP contribution is 2.28. The van der Waals surface area contributed by atoms with E-state index in [1.165, 1.54) is 0 Å². The minimum Gasteiger partial charge on any atom is -0.495 e. The van der Waals surface area contributed by atoms with Gasteiger partial charge in [0.05, 0.1) is 25.1 Å². The van der Waals surface area contributed by atoms with E-state index in [2.05, 4.69) is 16.0 Å². The summed E-state index contributed by atoms with van der Waals surface area (Å²) in [5.74, 6) is 2.65. The van der Waals surface area contributed by atoms with Gasteiger partial charge in [-0.3, -0.25) is 9.79 Å². The number of aliphatic imine (C=N–C) groups is 1. The molecule has 1 aromatic rings. The largest absolute Gasteiger partial charge is 0.495 e. The molecule has 0 spiro atoms. The van der Waals surface area contributed by atoms with Gasteiger partial charge in [-0.15, -0.1) is 0 Å². The van der Waals surface area contributed by atoms with Crippen LogP contribution in [0.5, 0.6) is 5.75 Å². The summed E-state index contributed by atoms with van der Waals surface area (Å²) in [4.78, 5) is 20.9. The van der Waals surface area contributed by atoms with Crippen LogP contribution in [0.2, 0.25) is 0 Å². The zero-order chi connectivity index (χ0) is 16.1. The molecule has 2 aliphatic rings. The molecule has 3 rings (SSSR count). The average molecular weight is 351 g/mol. The van der Waals surface area contributed by atoms with Crippen LogP contribution in [0.4, 0.5) is 5.69 Å². The third-order valence-electron chi connectivity index (χ3n) is 3.94. The van der Waals surface area contributed by atoms with Gasteiger partial charge in [-0.1, -0.05) is 35.7 Å². The summed E-state index contributed by atoms with van der Waals surface area (Å²) in [6.07, 6.45) is 0. The molecule has 0 bridgehead atoms. The Hall–Kier alpha value is -1.34. The van der Waals surface area contributed by atoms with Gasteiger partial charge in [-0.25, -0.2) is 0 Å². The molecule has 124 valence electrons. The number of piperazine rings is 1. The minimum absolute atomic E-state index is 0.213. The van der Waals surface area contributed by atoms with E-state index in [0.29, 0.717) is 5.75 Å². The summed E-state index contributed by atoms with van der Waals surface area (Å²) in [5, 5.41) is 0. The monoisotopic (exact) mass is 351 g/mol. The number of methoxy groups -OCH3 is 1. The second-order valence-electron chi connectivity index (χ2n) is 5.32. The summed E-state index contributed by atoms with van der Waals surface area (Å²) in [5.41, 5.74) is 1.10. The molecule has 1 fully saturated rings. The van der Waals surface area contributed by atoms with Crippen LogP contribution in [0.25, 0.3) is 0 Å². The Kier molecular flexibility index (Phi) is 5.72. The fourth-order valence-corrected chi connectivity index (χ4v) is 4.62. The molecule has 0 N–H and O–H groups in total. The van der Waals surface area contributed by atoms with Crippen molar-refractivity contribution >= 4 is 39.5 Å². The maximum absolute atomic E-state index is 12.3. The predicted octanol–water partition coefficient (Wildman–Crippen LogP) is 2.18. The van der Waals surface area contributed by atoms with Gasteiger partial charge in [0.15, 0.2) is 0 Å². The van der Waals surface area contributed by atoms with Crippen LogP contribution in [0.15, 0.2) is 29.3 Å². The number of hydrogen-bond acceptors (Lipinski definition) is 6. The number of amides is 1. The van der Waals surface area contributed by atoms with E-state index < -0.39 is 0 Å². The molecule has 23 heavy (non-hydrogen) atoms. The molecule has 7 heteroatoms. The van der Waals surface area contributed by atoms with Gasteiger partial charge in [-0.2, -0.15) is 0 Å². The van der Waals surface area contributed by atoms with Crippen molar-refractivity contribution in [2.45, 2.75) is 0 Å². The molecule has 0 atom stereocenters. The lowest BCUT2D eigenvalue weighted by atomic mass is 10.2. The Morgan fingerprint density at radius 3 is 2.78 bits per heavy atom. The van der Waals surface area contributed by atoms with Crippen LogP contribution in [0, 0.1) is 0 Å². The zero-order valence-electron chi connectivity index (χ0n) is 13.2. The molecule has 1 saturated heterocycles. The van der Waals surface area contributed by atoms with Gasteiger partial charge >= 0.3 is 0 Å². The Balaban J connectivity index is 1.50. The number of anilines is 1. The van der Waals surface area contributed by atoms with E-state index in [0.717, 1.165) is 54.3 Å². The lowest BCUT2D eigenvalue weighted by molar-refractivity contribution is -0.128. The molecule has 1 amide bonds. The van der Waals surface area contributed by atoms with Crippen LogP contribution in [0.3, 0.4) is 0 Å². The molecule has 0 saturated carbocycles. The molecular formula is C16H21N3O2S2. The molecule has 1 aromatic carbocycles. The first-order chi connectivity index (χ1) is 11.3. The number of ether oxygens (including phenoxy) is 1. The van der Waals surface area contributed by atoms with Gasteiger partial charge < -0.3 is 14.5 Å². The number of thioether (sulfide) groups is 2.